The van der Waals surface area contributed by atoms with E-state index in [4.69, 9.17) is 16.6 Å². The number of imidazole rings is 1. The summed E-state index contributed by atoms with van der Waals surface area (Å²) in [7, 11) is 0. The molecule has 5 rings (SSSR count). The molecule has 0 saturated carbocycles. The van der Waals surface area contributed by atoms with Crippen LogP contribution < -0.4 is 5.32 Å². The van der Waals surface area contributed by atoms with Crippen LogP contribution in [0.4, 0.5) is 0 Å². The van der Waals surface area contributed by atoms with Gasteiger partial charge in [0.15, 0.2) is 5.16 Å². The fourth-order valence-corrected chi connectivity index (χ4v) is 5.20. The third-order valence-corrected chi connectivity index (χ3v) is 7.26. The van der Waals surface area contributed by atoms with Gasteiger partial charge in [0.05, 0.1) is 29.8 Å². The summed E-state index contributed by atoms with van der Waals surface area (Å²) in [5.41, 5.74) is 5.81. The van der Waals surface area contributed by atoms with Crippen LogP contribution in [0.2, 0.25) is 5.02 Å². The topological polar surface area (TPSA) is 59.8 Å². The largest absolute Gasteiger partial charge is 0.346 e. The molecule has 180 valence electrons. The number of fused-ring (bicyclic) bond motifs is 1. The summed E-state index contributed by atoms with van der Waals surface area (Å²) >= 11 is 7.82. The highest BCUT2D eigenvalue weighted by molar-refractivity contribution is 7.98. The van der Waals surface area contributed by atoms with Crippen molar-refractivity contribution in [2.24, 2.45) is 0 Å². The molecular weight excluding hydrogens is 488 g/mol. The molecule has 0 fully saturated rings. The molecule has 0 aliphatic carbocycles. The summed E-state index contributed by atoms with van der Waals surface area (Å²) in [6.07, 6.45) is 3.60. The zero-order valence-electron chi connectivity index (χ0n) is 19.8. The van der Waals surface area contributed by atoms with Gasteiger partial charge in [-0.05, 0) is 53.9 Å². The number of thioether (sulfide) groups is 1. The first-order valence-corrected chi connectivity index (χ1v) is 13.1. The molecule has 5 aromatic rings. The Bertz CT molecular complexity index is 1480. The van der Waals surface area contributed by atoms with E-state index in [0.717, 1.165) is 43.7 Å². The predicted octanol–water partition coefficient (Wildman–Crippen LogP) is 6.92. The van der Waals surface area contributed by atoms with Crippen LogP contribution in [-0.4, -0.2) is 20.4 Å². The van der Waals surface area contributed by atoms with E-state index in [-0.39, 0.29) is 11.9 Å². The summed E-state index contributed by atoms with van der Waals surface area (Å²) < 4.78 is 2.17. The molecule has 36 heavy (non-hydrogen) atoms. The Morgan fingerprint density at radius 2 is 1.81 bits per heavy atom. The van der Waals surface area contributed by atoms with Crippen LogP contribution in [0.3, 0.4) is 0 Å². The maximum atomic E-state index is 12.8. The second-order valence-electron chi connectivity index (χ2n) is 8.57. The number of hydrogen-bond acceptors (Lipinski definition) is 4. The van der Waals surface area contributed by atoms with Crippen molar-refractivity contribution in [2.75, 3.05) is 0 Å². The third kappa shape index (κ3) is 5.61. The number of rotatable bonds is 8. The molecule has 0 spiro atoms. The van der Waals surface area contributed by atoms with Gasteiger partial charge in [0.2, 0.25) is 0 Å². The predicted molar refractivity (Wildman–Crippen MR) is 146 cm³/mol. The van der Waals surface area contributed by atoms with E-state index in [1.165, 1.54) is 0 Å². The number of nitrogens with zero attached hydrogens (tertiary/aromatic N) is 3. The van der Waals surface area contributed by atoms with Crippen molar-refractivity contribution in [3.63, 3.8) is 0 Å². The van der Waals surface area contributed by atoms with Crippen LogP contribution in [0.5, 0.6) is 0 Å². The van der Waals surface area contributed by atoms with Crippen molar-refractivity contribution in [2.45, 2.75) is 30.4 Å². The van der Waals surface area contributed by atoms with E-state index >= 15 is 0 Å². The maximum Gasteiger partial charge on any atom is 0.251 e. The van der Waals surface area contributed by atoms with Gasteiger partial charge in [0.1, 0.15) is 0 Å². The number of carbonyl (C=O) groups is 1. The van der Waals surface area contributed by atoms with Crippen molar-refractivity contribution in [3.05, 3.63) is 125 Å². The summed E-state index contributed by atoms with van der Waals surface area (Å²) in [5.74, 6) is 0.670. The number of carbonyl (C=O) groups excluding carboxylic acids is 1. The zero-order chi connectivity index (χ0) is 24.9. The molecule has 0 saturated heterocycles. The minimum atomic E-state index is -0.0899. The van der Waals surface area contributed by atoms with E-state index in [9.17, 15) is 4.79 Å². The minimum Gasteiger partial charge on any atom is -0.346 e. The van der Waals surface area contributed by atoms with Crippen LogP contribution in [-0.2, 0) is 12.3 Å². The average Bonchev–Trinajstić information content (AvgIpc) is 3.25. The molecule has 0 aliphatic rings. The Labute approximate surface area is 219 Å². The normalized spacial score (nSPS) is 11.9. The van der Waals surface area contributed by atoms with Gasteiger partial charge in [-0.2, -0.15) is 0 Å². The first kappa shape index (κ1) is 24.1. The summed E-state index contributed by atoms with van der Waals surface area (Å²) in [5, 5.41) is 4.72. The third-order valence-electron chi connectivity index (χ3n) is 5.98. The number of benzene rings is 3. The number of aromatic nitrogens is 3. The molecule has 1 amide bonds. The van der Waals surface area contributed by atoms with E-state index in [1.807, 2.05) is 92.0 Å². The van der Waals surface area contributed by atoms with Crippen molar-refractivity contribution in [1.29, 1.82) is 0 Å². The van der Waals surface area contributed by atoms with Gasteiger partial charge in [0.25, 0.3) is 5.91 Å². The van der Waals surface area contributed by atoms with Gasteiger partial charge < -0.3 is 9.88 Å². The highest BCUT2D eigenvalue weighted by Gasteiger charge is 2.14. The van der Waals surface area contributed by atoms with Gasteiger partial charge in [-0.15, -0.1) is 0 Å². The van der Waals surface area contributed by atoms with Gasteiger partial charge >= 0.3 is 0 Å². The van der Waals surface area contributed by atoms with Gasteiger partial charge in [-0.25, -0.2) is 4.98 Å². The molecule has 1 atom stereocenters. The Morgan fingerprint density at radius 1 is 1.00 bits per heavy atom. The van der Waals surface area contributed by atoms with Crippen molar-refractivity contribution < 1.29 is 4.79 Å². The van der Waals surface area contributed by atoms with Crippen molar-refractivity contribution in [3.8, 4) is 0 Å². The molecule has 2 aromatic heterocycles. The molecule has 0 aliphatic heterocycles. The van der Waals surface area contributed by atoms with Gasteiger partial charge in [-0.1, -0.05) is 78.0 Å². The molecule has 3 aromatic carbocycles. The van der Waals surface area contributed by atoms with E-state index in [2.05, 4.69) is 20.9 Å². The van der Waals surface area contributed by atoms with Crippen LogP contribution in [0.25, 0.3) is 11.0 Å². The van der Waals surface area contributed by atoms with Gasteiger partial charge in [0, 0.05) is 22.5 Å². The van der Waals surface area contributed by atoms with Crippen LogP contribution in [0.1, 0.15) is 40.0 Å². The number of nitrogens with one attached hydrogen (secondary N) is 1. The van der Waals surface area contributed by atoms with Crippen molar-refractivity contribution >= 4 is 40.3 Å². The maximum absolute atomic E-state index is 12.8. The molecule has 2 heterocycles. The number of pyridine rings is 1. The fraction of sp³-hybridized carbons (Fsp3) is 0.138. The Morgan fingerprint density at radius 3 is 2.58 bits per heavy atom. The first-order chi connectivity index (χ1) is 17.6. The average molecular weight is 513 g/mol. The lowest BCUT2D eigenvalue weighted by Crippen LogP contribution is -2.26. The minimum absolute atomic E-state index is 0.0673. The van der Waals surface area contributed by atoms with E-state index in [0.29, 0.717) is 12.1 Å². The van der Waals surface area contributed by atoms with Crippen LogP contribution >= 0.6 is 23.4 Å². The summed E-state index contributed by atoms with van der Waals surface area (Å²) in [4.78, 5) is 21.9. The molecule has 7 heteroatoms. The lowest BCUT2D eigenvalue weighted by Gasteiger charge is -2.14. The monoisotopic (exact) mass is 512 g/mol. The van der Waals surface area contributed by atoms with Crippen LogP contribution in [0, 0.1) is 0 Å². The lowest BCUT2D eigenvalue weighted by atomic mass is 10.1. The van der Waals surface area contributed by atoms with Crippen LogP contribution in [0.15, 0.2) is 102 Å². The fourth-order valence-electron chi connectivity index (χ4n) is 4.03. The van der Waals surface area contributed by atoms with Crippen molar-refractivity contribution in [1.82, 2.24) is 19.9 Å². The molecular formula is C29H25ClN4OS. The Kier molecular flexibility index (Phi) is 7.35. The molecule has 1 N–H and O–H groups in total. The molecule has 5 nitrogen and oxygen atoms in total. The SMILES string of the molecule is C[C@H](NC(=O)c1ccc(Cn2c(SCc3cccc(Cl)c3)nc3ccncc32)cc1)c1ccccc1. The second-order valence-corrected chi connectivity index (χ2v) is 9.95. The zero-order valence-corrected chi connectivity index (χ0v) is 21.3. The molecule has 0 radical (unpaired) electrons. The summed E-state index contributed by atoms with van der Waals surface area (Å²) in [6.45, 7) is 2.62. The summed E-state index contributed by atoms with van der Waals surface area (Å²) in [6, 6.07) is 27.4. The highest BCUT2D eigenvalue weighted by atomic mass is 35.5. The highest BCUT2D eigenvalue weighted by Crippen LogP contribution is 2.28. The lowest BCUT2D eigenvalue weighted by molar-refractivity contribution is 0.0940. The molecule has 0 unspecified atom stereocenters. The van der Waals surface area contributed by atoms with E-state index < -0.39 is 0 Å². The second kappa shape index (κ2) is 11.0. The van der Waals surface area contributed by atoms with Gasteiger partial charge in [-0.3, -0.25) is 9.78 Å². The molecule has 0 bridgehead atoms. The number of hydrogen-bond donors (Lipinski definition) is 1. The number of amides is 1. The van der Waals surface area contributed by atoms with E-state index in [1.54, 1.807) is 18.0 Å². The quantitative estimate of drug-likeness (QED) is 0.229. The standard InChI is InChI=1S/C29H25ClN4OS/c1-20(23-7-3-2-4-8-23)32-28(35)24-12-10-21(11-13-24)18-34-27-17-31-15-14-26(27)33-29(34)36-19-22-6-5-9-25(30)16-22/h2-17,20H,18-19H2,1H3,(H,32,35)/t20-/m0/s1. The first-order valence-electron chi connectivity index (χ1n) is 11.7. The smallest absolute Gasteiger partial charge is 0.251 e. The number of halogens is 1. The Balaban J connectivity index is 1.32. The Hall–Kier alpha value is -3.61.